The molecule has 1 aliphatic rings. The van der Waals surface area contributed by atoms with Gasteiger partial charge in [0.25, 0.3) is 0 Å². The Morgan fingerprint density at radius 3 is 2.54 bits per heavy atom. The molecule has 2 N–H and O–H groups in total. The Labute approximate surface area is 168 Å². The van der Waals surface area contributed by atoms with E-state index in [1.807, 2.05) is 11.3 Å². The van der Waals surface area contributed by atoms with Gasteiger partial charge in [0.15, 0.2) is 5.96 Å². The monoisotopic (exact) mass is 464 g/mol. The van der Waals surface area contributed by atoms with Crippen LogP contribution in [0.3, 0.4) is 0 Å². The molecular weight excluding hydrogens is 431 g/mol. The van der Waals surface area contributed by atoms with E-state index in [0.29, 0.717) is 0 Å². The third-order valence-electron chi connectivity index (χ3n) is 4.49. The minimum Gasteiger partial charge on any atom is -0.357 e. The standard InChI is InChI=1S/C18H32N4S.HI/c1-4-16-6-7-17(23-16)14-21-18(19-5-2)20-11-8-15-9-12-22(3)13-10-15;/h6-7,15H,4-5,8-14H2,1-3H3,(H2,19,20,21);1H. The van der Waals surface area contributed by atoms with E-state index in [0.717, 1.165) is 37.9 Å². The first-order chi connectivity index (χ1) is 11.2. The molecule has 1 aromatic heterocycles. The second-order valence-electron chi connectivity index (χ2n) is 6.38. The molecule has 24 heavy (non-hydrogen) atoms. The van der Waals surface area contributed by atoms with E-state index in [1.165, 1.54) is 42.1 Å². The number of aliphatic imine (C=N–C) groups is 1. The average molecular weight is 464 g/mol. The van der Waals surface area contributed by atoms with Crippen LogP contribution >= 0.6 is 35.3 Å². The third-order valence-corrected chi connectivity index (χ3v) is 5.70. The number of hydrogen-bond donors (Lipinski definition) is 2. The van der Waals surface area contributed by atoms with Gasteiger partial charge in [-0.1, -0.05) is 6.92 Å². The first-order valence-corrected chi connectivity index (χ1v) is 9.81. The van der Waals surface area contributed by atoms with Crippen LogP contribution in [0.15, 0.2) is 17.1 Å². The average Bonchev–Trinajstić information content (AvgIpc) is 3.02. The number of aryl methyl sites for hydroxylation is 1. The normalized spacial score (nSPS) is 16.7. The van der Waals surface area contributed by atoms with Crippen LogP contribution in [-0.4, -0.2) is 44.1 Å². The van der Waals surface area contributed by atoms with Gasteiger partial charge in [-0.2, -0.15) is 0 Å². The van der Waals surface area contributed by atoms with Crippen LogP contribution in [0, 0.1) is 5.92 Å². The Hall–Kier alpha value is -0.340. The van der Waals surface area contributed by atoms with Gasteiger partial charge in [0, 0.05) is 22.8 Å². The highest BCUT2D eigenvalue weighted by Crippen LogP contribution is 2.19. The van der Waals surface area contributed by atoms with Crippen LogP contribution in [0.5, 0.6) is 0 Å². The predicted octanol–water partition coefficient (Wildman–Crippen LogP) is 3.72. The lowest BCUT2D eigenvalue weighted by Gasteiger charge is -2.29. The molecule has 0 bridgehead atoms. The topological polar surface area (TPSA) is 39.7 Å². The molecule has 2 heterocycles. The molecule has 0 amide bonds. The summed E-state index contributed by atoms with van der Waals surface area (Å²) < 4.78 is 0. The molecule has 1 aromatic rings. The van der Waals surface area contributed by atoms with Crippen LogP contribution in [0.4, 0.5) is 0 Å². The lowest BCUT2D eigenvalue weighted by atomic mass is 9.94. The number of rotatable bonds is 7. The molecule has 0 radical (unpaired) electrons. The van der Waals surface area contributed by atoms with Crippen molar-refractivity contribution in [3.05, 3.63) is 21.9 Å². The molecule has 1 aliphatic heterocycles. The molecule has 2 rings (SSSR count). The zero-order valence-corrected chi connectivity index (χ0v) is 18.5. The van der Waals surface area contributed by atoms with E-state index in [4.69, 9.17) is 4.99 Å². The Balaban J connectivity index is 0.00000288. The van der Waals surface area contributed by atoms with Gasteiger partial charge in [-0.3, -0.25) is 0 Å². The molecule has 0 aromatic carbocycles. The van der Waals surface area contributed by atoms with Crippen LogP contribution in [-0.2, 0) is 13.0 Å². The second-order valence-corrected chi connectivity index (χ2v) is 7.63. The van der Waals surface area contributed by atoms with Crippen molar-refractivity contribution in [1.82, 2.24) is 15.5 Å². The van der Waals surface area contributed by atoms with Crippen molar-refractivity contribution in [3.63, 3.8) is 0 Å². The Morgan fingerprint density at radius 1 is 1.21 bits per heavy atom. The van der Waals surface area contributed by atoms with Crippen LogP contribution in [0.1, 0.15) is 42.9 Å². The van der Waals surface area contributed by atoms with Gasteiger partial charge in [-0.25, -0.2) is 4.99 Å². The van der Waals surface area contributed by atoms with Crippen LogP contribution in [0.2, 0.25) is 0 Å². The van der Waals surface area contributed by atoms with Crippen molar-refractivity contribution in [2.75, 3.05) is 33.2 Å². The van der Waals surface area contributed by atoms with Crippen molar-refractivity contribution in [2.24, 2.45) is 10.9 Å². The smallest absolute Gasteiger partial charge is 0.191 e. The van der Waals surface area contributed by atoms with Gasteiger partial charge in [0.1, 0.15) is 0 Å². The molecule has 0 spiro atoms. The maximum Gasteiger partial charge on any atom is 0.191 e. The van der Waals surface area contributed by atoms with E-state index in [2.05, 4.69) is 48.6 Å². The van der Waals surface area contributed by atoms with E-state index in [-0.39, 0.29) is 24.0 Å². The SMILES string of the molecule is CCNC(=NCc1ccc(CC)s1)NCCC1CCN(C)CC1.I. The summed E-state index contributed by atoms with van der Waals surface area (Å²) in [5.41, 5.74) is 0. The lowest BCUT2D eigenvalue weighted by molar-refractivity contribution is 0.213. The molecular formula is C18H33IN4S. The Kier molecular flexibility index (Phi) is 10.9. The van der Waals surface area contributed by atoms with Gasteiger partial charge in [-0.05, 0) is 70.8 Å². The number of nitrogens with zero attached hydrogens (tertiary/aromatic N) is 2. The summed E-state index contributed by atoms with van der Waals surface area (Å²) in [4.78, 5) is 9.94. The second kappa shape index (κ2) is 12.1. The number of nitrogens with one attached hydrogen (secondary N) is 2. The highest BCUT2D eigenvalue weighted by atomic mass is 127. The number of piperidine rings is 1. The number of halogens is 1. The van der Waals surface area contributed by atoms with Crippen molar-refractivity contribution in [2.45, 2.75) is 46.1 Å². The van der Waals surface area contributed by atoms with Gasteiger partial charge >= 0.3 is 0 Å². The number of hydrogen-bond acceptors (Lipinski definition) is 3. The minimum atomic E-state index is 0. The molecule has 1 fully saturated rings. The summed E-state index contributed by atoms with van der Waals surface area (Å²) in [6, 6.07) is 4.42. The van der Waals surface area contributed by atoms with Gasteiger partial charge in [0.05, 0.1) is 6.54 Å². The van der Waals surface area contributed by atoms with E-state index >= 15 is 0 Å². The Morgan fingerprint density at radius 2 is 1.92 bits per heavy atom. The van der Waals surface area contributed by atoms with Crippen LogP contribution in [0.25, 0.3) is 0 Å². The first kappa shape index (κ1) is 21.7. The number of guanidine groups is 1. The first-order valence-electron chi connectivity index (χ1n) is 8.99. The van der Waals surface area contributed by atoms with Gasteiger partial charge in [-0.15, -0.1) is 35.3 Å². The predicted molar refractivity (Wildman–Crippen MR) is 117 cm³/mol. The fraction of sp³-hybridized carbons (Fsp3) is 0.722. The zero-order valence-electron chi connectivity index (χ0n) is 15.3. The summed E-state index contributed by atoms with van der Waals surface area (Å²) in [5, 5.41) is 6.85. The summed E-state index contributed by atoms with van der Waals surface area (Å²) in [5.74, 6) is 1.82. The summed E-state index contributed by atoms with van der Waals surface area (Å²) in [7, 11) is 2.22. The maximum atomic E-state index is 4.72. The summed E-state index contributed by atoms with van der Waals surface area (Å²) in [6.07, 6.45) is 5.03. The largest absolute Gasteiger partial charge is 0.357 e. The van der Waals surface area contributed by atoms with E-state index in [9.17, 15) is 0 Å². The van der Waals surface area contributed by atoms with Crippen molar-refractivity contribution < 1.29 is 0 Å². The highest BCUT2D eigenvalue weighted by Gasteiger charge is 2.16. The lowest BCUT2D eigenvalue weighted by Crippen LogP contribution is -2.39. The summed E-state index contributed by atoms with van der Waals surface area (Å²) in [6.45, 7) is 9.51. The molecule has 0 atom stereocenters. The van der Waals surface area contributed by atoms with Crippen molar-refractivity contribution in [3.8, 4) is 0 Å². The molecule has 0 aliphatic carbocycles. The molecule has 6 heteroatoms. The van der Waals surface area contributed by atoms with E-state index in [1.54, 1.807) is 0 Å². The highest BCUT2D eigenvalue weighted by molar-refractivity contribution is 14.0. The zero-order chi connectivity index (χ0) is 16.5. The molecule has 4 nitrogen and oxygen atoms in total. The molecule has 0 saturated carbocycles. The third kappa shape index (κ3) is 7.70. The number of likely N-dealkylation sites (tertiary alicyclic amines) is 1. The maximum absolute atomic E-state index is 4.72. The molecule has 138 valence electrons. The molecule has 1 saturated heterocycles. The minimum absolute atomic E-state index is 0. The van der Waals surface area contributed by atoms with Gasteiger partial charge < -0.3 is 15.5 Å². The van der Waals surface area contributed by atoms with E-state index < -0.39 is 0 Å². The van der Waals surface area contributed by atoms with Crippen LogP contribution < -0.4 is 10.6 Å². The number of thiophene rings is 1. The summed E-state index contributed by atoms with van der Waals surface area (Å²) >= 11 is 1.87. The quantitative estimate of drug-likeness (QED) is 0.367. The molecule has 0 unspecified atom stereocenters. The Bertz CT molecular complexity index is 481. The van der Waals surface area contributed by atoms with Crippen molar-refractivity contribution in [1.29, 1.82) is 0 Å². The van der Waals surface area contributed by atoms with Gasteiger partial charge in [0.2, 0.25) is 0 Å². The van der Waals surface area contributed by atoms with Crippen molar-refractivity contribution >= 4 is 41.3 Å². The fourth-order valence-corrected chi connectivity index (χ4v) is 3.82. The fourth-order valence-electron chi connectivity index (χ4n) is 2.94.